The predicted molar refractivity (Wildman–Crippen MR) is 210 cm³/mol. The van der Waals surface area contributed by atoms with Gasteiger partial charge < -0.3 is 20.1 Å². The lowest BCUT2D eigenvalue weighted by atomic mass is 10.1. The first-order chi connectivity index (χ1) is 24.8. The Balaban J connectivity index is 4.41. The Bertz CT molecular complexity index is 1150. The van der Waals surface area contributed by atoms with E-state index in [1.165, 1.54) is 0 Å². The summed E-state index contributed by atoms with van der Waals surface area (Å²) >= 11 is 0. The van der Waals surface area contributed by atoms with E-state index in [9.17, 15) is 19.0 Å². The fraction of sp³-hybridized carbons (Fsp3) is 0.561. The van der Waals surface area contributed by atoms with Crippen molar-refractivity contribution in [1.29, 1.82) is 0 Å². The molecule has 0 heterocycles. The van der Waals surface area contributed by atoms with Gasteiger partial charge in [0.2, 0.25) is 0 Å². The Labute approximate surface area is 308 Å². The summed E-state index contributed by atoms with van der Waals surface area (Å²) in [5.41, 5.74) is 5.32. The third-order valence-corrected chi connectivity index (χ3v) is 7.95. The number of phosphoric ester groups is 1. The number of hydrogen-bond acceptors (Lipinski definition) is 8. The Morgan fingerprint density at radius 1 is 0.588 bits per heavy atom. The number of phosphoric acid groups is 1. The fourth-order valence-corrected chi connectivity index (χ4v) is 5.03. The monoisotopic (exact) mass is 731 g/mol. The van der Waals surface area contributed by atoms with Crippen LogP contribution in [0, 0.1) is 0 Å². The molecule has 0 aliphatic heterocycles. The predicted octanol–water partition coefficient (Wildman–Crippen LogP) is 10.3. The van der Waals surface area contributed by atoms with E-state index in [-0.39, 0.29) is 32.6 Å². The molecule has 0 rings (SSSR count). The van der Waals surface area contributed by atoms with Crippen LogP contribution in [0.1, 0.15) is 117 Å². The van der Waals surface area contributed by atoms with E-state index >= 15 is 0 Å². The second kappa shape index (κ2) is 36.7. The zero-order valence-corrected chi connectivity index (χ0v) is 32.2. The van der Waals surface area contributed by atoms with Crippen molar-refractivity contribution in [2.24, 2.45) is 5.73 Å². The van der Waals surface area contributed by atoms with Gasteiger partial charge in [-0.1, -0.05) is 111 Å². The first-order valence-corrected chi connectivity index (χ1v) is 20.2. The van der Waals surface area contributed by atoms with Crippen LogP contribution in [0.25, 0.3) is 0 Å². The standard InChI is InChI=1S/C41H66NO8P/c1-3-5-7-9-11-13-15-17-19-21-23-25-27-29-31-33-40(43)47-37-39(38-49-51(45,46)48-36-35-42)50-41(44)34-32-30-28-26-24-22-20-18-16-14-12-10-8-6-4-2/h5-8,11-14,17-20,23-26,39H,3-4,9-10,15-16,21-22,27-38,42H2,1-2H3,(H,45,46)/b7-5-,8-6-,13-11-,14-12-,19-17-,20-18-,25-23-,26-24-/t39-/m1/s1. The highest BCUT2D eigenvalue weighted by atomic mass is 31.2. The SMILES string of the molecule is CC/C=C\C/C=C\C/C=C\C/C=C\CCCCC(=O)OC[C@H](COP(=O)(O)OCCN)OC(=O)CCCC/C=C\C/C=C\C/C=C\C/C=C\CC. The topological polar surface area (TPSA) is 134 Å². The van der Waals surface area contributed by atoms with Crippen molar-refractivity contribution >= 4 is 19.8 Å². The van der Waals surface area contributed by atoms with Crippen LogP contribution in [0.3, 0.4) is 0 Å². The first kappa shape index (κ1) is 47.9. The molecule has 51 heavy (non-hydrogen) atoms. The Hall–Kier alpha value is -3.07. The Morgan fingerprint density at radius 3 is 1.43 bits per heavy atom. The lowest BCUT2D eigenvalue weighted by Crippen LogP contribution is -2.29. The molecule has 0 amide bonds. The number of nitrogens with two attached hydrogens (primary N) is 1. The average molecular weight is 732 g/mol. The molecule has 0 aromatic rings. The van der Waals surface area contributed by atoms with E-state index in [0.717, 1.165) is 77.0 Å². The van der Waals surface area contributed by atoms with Gasteiger partial charge in [0.25, 0.3) is 0 Å². The van der Waals surface area contributed by atoms with Gasteiger partial charge in [0.15, 0.2) is 6.10 Å². The summed E-state index contributed by atoms with van der Waals surface area (Å²) in [5.74, 6) is -0.941. The van der Waals surface area contributed by atoms with Crippen molar-refractivity contribution in [3.8, 4) is 0 Å². The van der Waals surface area contributed by atoms with Crippen LogP contribution in [0.2, 0.25) is 0 Å². The van der Waals surface area contributed by atoms with E-state index in [2.05, 4.69) is 111 Å². The maximum atomic E-state index is 12.5. The number of carbonyl (C=O) groups is 2. The lowest BCUT2D eigenvalue weighted by molar-refractivity contribution is -0.161. The van der Waals surface area contributed by atoms with Crippen LogP contribution in [-0.4, -0.2) is 49.3 Å². The van der Waals surface area contributed by atoms with Gasteiger partial charge in [-0.05, 0) is 89.9 Å². The van der Waals surface area contributed by atoms with Crippen LogP contribution in [0.4, 0.5) is 0 Å². The number of ether oxygens (including phenoxy) is 2. The Kier molecular flexibility index (Phi) is 34.5. The van der Waals surface area contributed by atoms with E-state index in [1.54, 1.807) is 0 Å². The van der Waals surface area contributed by atoms with Gasteiger partial charge in [0.05, 0.1) is 13.2 Å². The van der Waals surface area contributed by atoms with Crippen molar-refractivity contribution < 1.29 is 37.6 Å². The van der Waals surface area contributed by atoms with Gasteiger partial charge in [-0.3, -0.25) is 18.6 Å². The van der Waals surface area contributed by atoms with Crippen LogP contribution < -0.4 is 5.73 Å². The second-order valence-corrected chi connectivity index (χ2v) is 13.1. The smallest absolute Gasteiger partial charge is 0.462 e. The van der Waals surface area contributed by atoms with Gasteiger partial charge in [0, 0.05) is 19.4 Å². The molecule has 0 spiro atoms. The molecule has 3 N–H and O–H groups in total. The average Bonchev–Trinajstić information content (AvgIpc) is 3.11. The first-order valence-electron chi connectivity index (χ1n) is 18.7. The fourth-order valence-electron chi connectivity index (χ4n) is 4.26. The van der Waals surface area contributed by atoms with Crippen molar-refractivity contribution in [2.45, 2.75) is 123 Å². The lowest BCUT2D eigenvalue weighted by Gasteiger charge is -2.19. The van der Waals surface area contributed by atoms with E-state index < -0.39 is 32.5 Å². The van der Waals surface area contributed by atoms with Crippen LogP contribution >= 0.6 is 7.82 Å². The maximum Gasteiger partial charge on any atom is 0.472 e. The quantitative estimate of drug-likeness (QED) is 0.0293. The van der Waals surface area contributed by atoms with Crippen molar-refractivity contribution in [1.82, 2.24) is 0 Å². The molecule has 2 atom stereocenters. The molecule has 1 unspecified atom stereocenters. The molecular weight excluding hydrogens is 665 g/mol. The van der Waals surface area contributed by atoms with E-state index in [0.29, 0.717) is 12.8 Å². The van der Waals surface area contributed by atoms with Gasteiger partial charge in [0.1, 0.15) is 6.61 Å². The van der Waals surface area contributed by atoms with Gasteiger partial charge in [-0.2, -0.15) is 0 Å². The molecule has 0 aliphatic rings. The summed E-state index contributed by atoms with van der Waals surface area (Å²) in [4.78, 5) is 34.7. The summed E-state index contributed by atoms with van der Waals surface area (Å²) in [6, 6.07) is 0. The maximum absolute atomic E-state index is 12.5. The second-order valence-electron chi connectivity index (χ2n) is 11.7. The van der Waals surface area contributed by atoms with Gasteiger partial charge in [-0.15, -0.1) is 0 Å². The zero-order chi connectivity index (χ0) is 37.5. The normalized spacial score (nSPS) is 14.5. The molecule has 0 saturated heterocycles. The zero-order valence-electron chi connectivity index (χ0n) is 31.3. The van der Waals surface area contributed by atoms with Crippen molar-refractivity contribution in [2.75, 3.05) is 26.4 Å². The highest BCUT2D eigenvalue weighted by molar-refractivity contribution is 7.47. The molecule has 288 valence electrons. The minimum absolute atomic E-state index is 0.0349. The highest BCUT2D eigenvalue weighted by Gasteiger charge is 2.25. The van der Waals surface area contributed by atoms with Crippen molar-refractivity contribution in [3.63, 3.8) is 0 Å². The highest BCUT2D eigenvalue weighted by Crippen LogP contribution is 2.43. The van der Waals surface area contributed by atoms with Crippen LogP contribution in [0.5, 0.6) is 0 Å². The molecule has 0 fully saturated rings. The molecule has 0 saturated carbocycles. The molecule has 0 bridgehead atoms. The number of carbonyl (C=O) groups excluding carboxylic acids is 2. The largest absolute Gasteiger partial charge is 0.472 e. The number of unbranched alkanes of at least 4 members (excludes halogenated alkanes) is 4. The minimum atomic E-state index is -4.40. The summed E-state index contributed by atoms with van der Waals surface area (Å²) in [7, 11) is -4.40. The van der Waals surface area contributed by atoms with Crippen LogP contribution in [0.15, 0.2) is 97.2 Å². The number of esters is 2. The van der Waals surface area contributed by atoms with Crippen molar-refractivity contribution in [3.05, 3.63) is 97.2 Å². The molecule has 10 heteroatoms. The number of rotatable bonds is 33. The summed E-state index contributed by atoms with van der Waals surface area (Å²) < 4.78 is 32.5. The number of hydrogen-bond donors (Lipinski definition) is 2. The van der Waals surface area contributed by atoms with E-state index in [4.69, 9.17) is 24.3 Å². The van der Waals surface area contributed by atoms with E-state index in [1.807, 2.05) is 0 Å². The molecular formula is C41H66NO8P. The number of allylic oxidation sites excluding steroid dienone is 16. The molecule has 0 aliphatic carbocycles. The third-order valence-electron chi connectivity index (χ3n) is 6.97. The minimum Gasteiger partial charge on any atom is -0.462 e. The van der Waals surface area contributed by atoms with Gasteiger partial charge >= 0.3 is 19.8 Å². The summed E-state index contributed by atoms with van der Waals surface area (Å²) in [6.45, 7) is 3.36. The Morgan fingerprint density at radius 2 is 1.00 bits per heavy atom. The molecule has 0 aromatic carbocycles. The van der Waals surface area contributed by atoms with Gasteiger partial charge in [-0.25, -0.2) is 4.57 Å². The molecule has 0 radical (unpaired) electrons. The van der Waals surface area contributed by atoms with Crippen LogP contribution in [-0.2, 0) is 32.7 Å². The summed E-state index contributed by atoms with van der Waals surface area (Å²) in [6.07, 6.45) is 45.9. The summed E-state index contributed by atoms with van der Waals surface area (Å²) in [5, 5.41) is 0. The third kappa shape index (κ3) is 36.5. The molecule has 0 aromatic heterocycles. The molecule has 9 nitrogen and oxygen atoms in total.